The Kier molecular flexibility index (Phi) is 3.87. The molecule has 1 heterocycles. The zero-order valence-electron chi connectivity index (χ0n) is 11.0. The fourth-order valence-electron chi connectivity index (χ4n) is 1.80. The first-order valence-corrected chi connectivity index (χ1v) is 6.63. The highest BCUT2D eigenvalue weighted by Crippen LogP contribution is 2.30. The van der Waals surface area contributed by atoms with E-state index in [1.54, 1.807) is 0 Å². The lowest BCUT2D eigenvalue weighted by atomic mass is 10.1. The first kappa shape index (κ1) is 13.6. The van der Waals surface area contributed by atoms with Gasteiger partial charge in [0.2, 0.25) is 5.88 Å². The van der Waals surface area contributed by atoms with Crippen LogP contribution < -0.4 is 4.74 Å². The SMILES string of the molecule is Cc1cc(C)c(C#N)c(Oc2cc(Br)ccc2C)n1. The Morgan fingerprint density at radius 1 is 1.16 bits per heavy atom. The molecule has 0 amide bonds. The predicted molar refractivity (Wildman–Crippen MR) is 77.4 cm³/mol. The van der Waals surface area contributed by atoms with Crippen molar-refractivity contribution in [3.8, 4) is 17.7 Å². The number of aromatic nitrogens is 1. The lowest BCUT2D eigenvalue weighted by Gasteiger charge is -2.11. The summed E-state index contributed by atoms with van der Waals surface area (Å²) in [6.07, 6.45) is 0. The number of halogens is 1. The average Bonchev–Trinajstić information content (AvgIpc) is 2.33. The van der Waals surface area contributed by atoms with E-state index in [-0.39, 0.29) is 0 Å². The van der Waals surface area contributed by atoms with E-state index in [9.17, 15) is 5.26 Å². The van der Waals surface area contributed by atoms with Gasteiger partial charge in [-0.2, -0.15) is 5.26 Å². The predicted octanol–water partition coefficient (Wildman–Crippen LogP) is 4.43. The van der Waals surface area contributed by atoms with Gasteiger partial charge in [0.25, 0.3) is 0 Å². The van der Waals surface area contributed by atoms with E-state index >= 15 is 0 Å². The summed E-state index contributed by atoms with van der Waals surface area (Å²) in [5.74, 6) is 1.06. The Morgan fingerprint density at radius 3 is 2.58 bits per heavy atom. The Balaban J connectivity index is 2.49. The third-order valence-electron chi connectivity index (χ3n) is 2.78. The van der Waals surface area contributed by atoms with Crippen molar-refractivity contribution in [2.24, 2.45) is 0 Å². The molecule has 1 aromatic heterocycles. The Labute approximate surface area is 121 Å². The van der Waals surface area contributed by atoms with Gasteiger partial charge >= 0.3 is 0 Å². The van der Waals surface area contributed by atoms with Crippen LogP contribution in [0.1, 0.15) is 22.4 Å². The van der Waals surface area contributed by atoms with Crippen LogP contribution in [0.25, 0.3) is 0 Å². The van der Waals surface area contributed by atoms with Crippen LogP contribution in [-0.2, 0) is 0 Å². The molecule has 0 atom stereocenters. The standard InChI is InChI=1S/C15H13BrN2O/c1-9-4-5-12(16)7-14(9)19-15-13(8-17)10(2)6-11(3)18-15/h4-7H,1-3H3. The van der Waals surface area contributed by atoms with Crippen LogP contribution in [-0.4, -0.2) is 4.98 Å². The zero-order chi connectivity index (χ0) is 14.0. The van der Waals surface area contributed by atoms with Crippen LogP contribution in [0.4, 0.5) is 0 Å². The number of nitrogens with zero attached hydrogens (tertiary/aromatic N) is 2. The van der Waals surface area contributed by atoms with Crippen molar-refractivity contribution < 1.29 is 4.74 Å². The molecule has 1 aromatic carbocycles. The molecular formula is C15H13BrN2O. The maximum absolute atomic E-state index is 9.21. The van der Waals surface area contributed by atoms with E-state index in [4.69, 9.17) is 4.74 Å². The number of aryl methyl sites for hydroxylation is 3. The van der Waals surface area contributed by atoms with Crippen LogP contribution in [0.3, 0.4) is 0 Å². The van der Waals surface area contributed by atoms with Gasteiger partial charge in [0.15, 0.2) is 0 Å². The quantitative estimate of drug-likeness (QED) is 0.823. The number of nitriles is 1. The molecule has 0 saturated carbocycles. The van der Waals surface area contributed by atoms with Gasteiger partial charge in [-0.1, -0.05) is 22.0 Å². The van der Waals surface area contributed by atoms with Crippen molar-refractivity contribution in [2.45, 2.75) is 20.8 Å². The van der Waals surface area contributed by atoms with Crippen molar-refractivity contribution in [1.29, 1.82) is 5.26 Å². The second kappa shape index (κ2) is 5.41. The zero-order valence-corrected chi connectivity index (χ0v) is 12.6. The van der Waals surface area contributed by atoms with Crippen LogP contribution in [0, 0.1) is 32.1 Å². The van der Waals surface area contributed by atoms with Crippen molar-refractivity contribution in [3.63, 3.8) is 0 Å². The molecule has 0 saturated heterocycles. The van der Waals surface area contributed by atoms with Crippen LogP contribution in [0.2, 0.25) is 0 Å². The van der Waals surface area contributed by atoms with Gasteiger partial charge in [-0.05, 0) is 50.1 Å². The second-order valence-corrected chi connectivity index (χ2v) is 5.30. The maximum Gasteiger partial charge on any atom is 0.237 e. The number of rotatable bonds is 2. The highest BCUT2D eigenvalue weighted by atomic mass is 79.9. The van der Waals surface area contributed by atoms with Crippen molar-refractivity contribution in [2.75, 3.05) is 0 Å². The smallest absolute Gasteiger partial charge is 0.237 e. The van der Waals surface area contributed by atoms with E-state index in [1.807, 2.05) is 45.0 Å². The van der Waals surface area contributed by atoms with Gasteiger partial charge in [0.1, 0.15) is 17.4 Å². The molecule has 0 radical (unpaired) electrons. The fraction of sp³-hybridized carbons (Fsp3) is 0.200. The van der Waals surface area contributed by atoms with Gasteiger partial charge in [-0.3, -0.25) is 0 Å². The summed E-state index contributed by atoms with van der Waals surface area (Å²) in [5.41, 5.74) is 3.18. The third kappa shape index (κ3) is 2.94. The normalized spacial score (nSPS) is 10.1. The molecule has 0 unspecified atom stereocenters. The van der Waals surface area contributed by atoms with E-state index in [0.717, 1.165) is 21.3 Å². The maximum atomic E-state index is 9.21. The summed E-state index contributed by atoms with van der Waals surface area (Å²) < 4.78 is 6.74. The third-order valence-corrected chi connectivity index (χ3v) is 3.27. The lowest BCUT2D eigenvalue weighted by Crippen LogP contribution is -1.98. The van der Waals surface area contributed by atoms with Gasteiger partial charge in [0.05, 0.1) is 0 Å². The largest absolute Gasteiger partial charge is 0.437 e. The van der Waals surface area contributed by atoms with Crippen LogP contribution >= 0.6 is 15.9 Å². The minimum absolute atomic E-state index is 0.362. The Hall–Kier alpha value is -1.86. The van der Waals surface area contributed by atoms with Crippen molar-refractivity contribution in [1.82, 2.24) is 4.98 Å². The summed E-state index contributed by atoms with van der Waals surface area (Å²) in [7, 11) is 0. The number of hydrogen-bond acceptors (Lipinski definition) is 3. The monoisotopic (exact) mass is 316 g/mol. The van der Waals surface area contributed by atoms with Crippen molar-refractivity contribution >= 4 is 15.9 Å². The second-order valence-electron chi connectivity index (χ2n) is 4.38. The van der Waals surface area contributed by atoms with E-state index in [1.165, 1.54) is 0 Å². The van der Waals surface area contributed by atoms with Gasteiger partial charge in [-0.25, -0.2) is 4.98 Å². The van der Waals surface area contributed by atoms with Gasteiger partial charge in [-0.15, -0.1) is 0 Å². The molecule has 0 N–H and O–H groups in total. The highest BCUT2D eigenvalue weighted by Gasteiger charge is 2.12. The topological polar surface area (TPSA) is 45.9 Å². The minimum Gasteiger partial charge on any atom is -0.437 e. The number of hydrogen-bond donors (Lipinski definition) is 0. The molecule has 0 aliphatic heterocycles. The Morgan fingerprint density at radius 2 is 1.89 bits per heavy atom. The molecule has 19 heavy (non-hydrogen) atoms. The summed E-state index contributed by atoms with van der Waals surface area (Å²) in [6.45, 7) is 5.72. The molecule has 3 nitrogen and oxygen atoms in total. The van der Waals surface area contributed by atoms with Crippen LogP contribution in [0.15, 0.2) is 28.7 Å². The molecular weight excluding hydrogens is 304 g/mol. The number of ether oxygens (including phenoxy) is 1. The fourth-order valence-corrected chi connectivity index (χ4v) is 2.14. The van der Waals surface area contributed by atoms with E-state index in [2.05, 4.69) is 27.0 Å². The summed E-state index contributed by atoms with van der Waals surface area (Å²) in [5, 5.41) is 9.21. The molecule has 0 bridgehead atoms. The summed E-state index contributed by atoms with van der Waals surface area (Å²) in [4.78, 5) is 4.31. The van der Waals surface area contributed by atoms with Crippen LogP contribution in [0.5, 0.6) is 11.6 Å². The molecule has 2 aromatic rings. The summed E-state index contributed by atoms with van der Waals surface area (Å²) >= 11 is 3.41. The molecule has 0 spiro atoms. The summed E-state index contributed by atoms with van der Waals surface area (Å²) in [6, 6.07) is 9.79. The molecule has 0 fully saturated rings. The Bertz CT molecular complexity index is 675. The molecule has 0 aliphatic rings. The van der Waals surface area contributed by atoms with Crippen molar-refractivity contribution in [3.05, 3.63) is 51.1 Å². The number of pyridine rings is 1. The molecule has 4 heteroatoms. The average molecular weight is 317 g/mol. The van der Waals surface area contributed by atoms with E-state index < -0.39 is 0 Å². The first-order valence-electron chi connectivity index (χ1n) is 5.83. The number of benzene rings is 1. The van der Waals surface area contributed by atoms with E-state index in [0.29, 0.717) is 17.2 Å². The molecule has 0 aliphatic carbocycles. The lowest BCUT2D eigenvalue weighted by molar-refractivity contribution is 0.455. The highest BCUT2D eigenvalue weighted by molar-refractivity contribution is 9.10. The minimum atomic E-state index is 0.362. The first-order chi connectivity index (χ1) is 9.01. The van der Waals surface area contributed by atoms with Gasteiger partial charge < -0.3 is 4.74 Å². The van der Waals surface area contributed by atoms with Gasteiger partial charge in [0, 0.05) is 10.2 Å². The molecule has 2 rings (SSSR count). The molecule has 96 valence electrons.